The van der Waals surface area contributed by atoms with Gasteiger partial charge in [0.05, 0.1) is 17.9 Å². The van der Waals surface area contributed by atoms with E-state index in [2.05, 4.69) is 5.32 Å². The molecule has 0 aliphatic carbocycles. The molecule has 0 aliphatic rings. The molecule has 1 amide bonds. The van der Waals surface area contributed by atoms with Crippen LogP contribution in [0, 0.1) is 5.82 Å². The van der Waals surface area contributed by atoms with Gasteiger partial charge >= 0.3 is 5.97 Å². The molecular formula is C19H20FNO4. The maximum Gasteiger partial charge on any atom is 0.338 e. The van der Waals surface area contributed by atoms with E-state index in [1.807, 2.05) is 6.92 Å². The summed E-state index contributed by atoms with van der Waals surface area (Å²) < 4.78 is 24.1. The van der Waals surface area contributed by atoms with Gasteiger partial charge in [0, 0.05) is 0 Å². The Labute approximate surface area is 145 Å². The number of halogens is 1. The van der Waals surface area contributed by atoms with Gasteiger partial charge in [-0.3, -0.25) is 4.79 Å². The average Bonchev–Trinajstić information content (AvgIpc) is 2.62. The lowest BCUT2D eigenvalue weighted by Gasteiger charge is -2.14. The number of carbonyl (C=O) groups excluding carboxylic acids is 2. The van der Waals surface area contributed by atoms with Crippen LogP contribution in [-0.2, 0) is 9.53 Å². The molecule has 0 saturated heterocycles. The summed E-state index contributed by atoms with van der Waals surface area (Å²) in [7, 11) is 0. The average molecular weight is 345 g/mol. The number of hydrogen-bond donors (Lipinski definition) is 1. The molecule has 2 aromatic carbocycles. The monoisotopic (exact) mass is 345 g/mol. The van der Waals surface area contributed by atoms with Gasteiger partial charge in [-0.1, -0.05) is 19.1 Å². The number of carbonyl (C=O) groups is 2. The van der Waals surface area contributed by atoms with Gasteiger partial charge in [0.2, 0.25) is 0 Å². The normalized spacial score (nSPS) is 11.5. The first kappa shape index (κ1) is 18.4. The molecule has 0 unspecified atom stereocenters. The van der Waals surface area contributed by atoms with Crippen LogP contribution in [0.4, 0.5) is 10.1 Å². The van der Waals surface area contributed by atoms with E-state index in [-0.39, 0.29) is 5.69 Å². The predicted molar refractivity (Wildman–Crippen MR) is 92.1 cm³/mol. The molecule has 1 N–H and O–H groups in total. The van der Waals surface area contributed by atoms with E-state index in [0.29, 0.717) is 17.9 Å². The summed E-state index contributed by atoms with van der Waals surface area (Å²) in [6.45, 7) is 4.02. The lowest BCUT2D eigenvalue weighted by atomic mass is 10.2. The second kappa shape index (κ2) is 8.82. The van der Waals surface area contributed by atoms with Gasteiger partial charge in [0.25, 0.3) is 5.91 Å². The van der Waals surface area contributed by atoms with Crippen molar-refractivity contribution >= 4 is 17.6 Å². The summed E-state index contributed by atoms with van der Waals surface area (Å²) in [5.74, 6) is -1.15. The van der Waals surface area contributed by atoms with Crippen LogP contribution in [0.3, 0.4) is 0 Å². The number of ether oxygens (including phenoxy) is 2. The van der Waals surface area contributed by atoms with Crippen LogP contribution in [0.15, 0.2) is 48.5 Å². The fraction of sp³-hybridized carbons (Fsp3) is 0.263. The standard InChI is InChI=1S/C19H20FNO4/c1-3-12-24-15-10-8-14(9-11-15)19(23)25-13(2)18(22)21-17-7-5-4-6-16(17)20/h4-11,13H,3,12H2,1-2H3,(H,21,22)/t13-/m1/s1. The molecule has 132 valence electrons. The van der Waals surface area contributed by atoms with Crippen LogP contribution in [0.5, 0.6) is 5.75 Å². The van der Waals surface area contributed by atoms with Gasteiger partial charge in [-0.2, -0.15) is 0 Å². The molecule has 0 saturated carbocycles. The third kappa shape index (κ3) is 5.31. The zero-order chi connectivity index (χ0) is 18.2. The number of hydrogen-bond acceptors (Lipinski definition) is 4. The Bertz CT molecular complexity index is 730. The highest BCUT2D eigenvalue weighted by Crippen LogP contribution is 2.15. The van der Waals surface area contributed by atoms with Gasteiger partial charge in [-0.05, 0) is 49.7 Å². The highest BCUT2D eigenvalue weighted by Gasteiger charge is 2.20. The minimum absolute atomic E-state index is 0.0350. The SMILES string of the molecule is CCCOc1ccc(C(=O)O[C@H](C)C(=O)Nc2ccccc2F)cc1. The van der Waals surface area contributed by atoms with Crippen LogP contribution in [0.2, 0.25) is 0 Å². The van der Waals surface area contributed by atoms with Crippen molar-refractivity contribution in [3.63, 3.8) is 0 Å². The predicted octanol–water partition coefficient (Wildman–Crippen LogP) is 3.80. The van der Waals surface area contributed by atoms with Crippen molar-refractivity contribution in [2.45, 2.75) is 26.4 Å². The first-order valence-corrected chi connectivity index (χ1v) is 8.00. The van der Waals surface area contributed by atoms with E-state index < -0.39 is 23.8 Å². The summed E-state index contributed by atoms with van der Waals surface area (Å²) in [5, 5.41) is 2.39. The van der Waals surface area contributed by atoms with Crippen LogP contribution in [0.25, 0.3) is 0 Å². The molecule has 0 bridgehead atoms. The summed E-state index contributed by atoms with van der Waals surface area (Å²) in [5.41, 5.74) is 0.335. The van der Waals surface area contributed by atoms with E-state index in [0.717, 1.165) is 6.42 Å². The van der Waals surface area contributed by atoms with Crippen LogP contribution < -0.4 is 10.1 Å². The van der Waals surface area contributed by atoms with Crippen molar-refractivity contribution in [1.82, 2.24) is 0 Å². The number of benzene rings is 2. The molecule has 2 aromatic rings. The molecular weight excluding hydrogens is 325 g/mol. The van der Waals surface area contributed by atoms with Gasteiger partial charge in [-0.15, -0.1) is 0 Å². The highest BCUT2D eigenvalue weighted by atomic mass is 19.1. The van der Waals surface area contributed by atoms with Crippen molar-refractivity contribution in [2.24, 2.45) is 0 Å². The number of nitrogens with one attached hydrogen (secondary N) is 1. The van der Waals surface area contributed by atoms with Crippen molar-refractivity contribution in [1.29, 1.82) is 0 Å². The minimum Gasteiger partial charge on any atom is -0.494 e. The highest BCUT2D eigenvalue weighted by molar-refractivity contribution is 5.97. The van der Waals surface area contributed by atoms with Crippen molar-refractivity contribution in [2.75, 3.05) is 11.9 Å². The topological polar surface area (TPSA) is 64.6 Å². The molecule has 2 rings (SSSR count). The molecule has 25 heavy (non-hydrogen) atoms. The molecule has 0 spiro atoms. The van der Waals surface area contributed by atoms with Crippen LogP contribution >= 0.6 is 0 Å². The largest absolute Gasteiger partial charge is 0.494 e. The molecule has 0 radical (unpaired) electrons. The Morgan fingerprint density at radius 2 is 1.80 bits per heavy atom. The number of anilines is 1. The Morgan fingerprint density at radius 3 is 2.44 bits per heavy atom. The van der Waals surface area contributed by atoms with Gasteiger partial charge < -0.3 is 14.8 Å². The van der Waals surface area contributed by atoms with Crippen LogP contribution in [0.1, 0.15) is 30.6 Å². The molecule has 1 atom stereocenters. The molecule has 0 aliphatic heterocycles. The first-order chi connectivity index (χ1) is 12.0. The fourth-order valence-corrected chi connectivity index (χ4v) is 1.99. The van der Waals surface area contributed by atoms with Gasteiger partial charge in [-0.25, -0.2) is 9.18 Å². The van der Waals surface area contributed by atoms with E-state index in [1.54, 1.807) is 30.3 Å². The van der Waals surface area contributed by atoms with E-state index in [4.69, 9.17) is 9.47 Å². The molecule has 0 aromatic heterocycles. The second-order valence-corrected chi connectivity index (χ2v) is 5.39. The van der Waals surface area contributed by atoms with E-state index in [1.165, 1.54) is 25.1 Å². The molecule has 0 fully saturated rings. The smallest absolute Gasteiger partial charge is 0.338 e. The second-order valence-electron chi connectivity index (χ2n) is 5.39. The molecule has 6 heteroatoms. The first-order valence-electron chi connectivity index (χ1n) is 8.00. The number of esters is 1. The van der Waals surface area contributed by atoms with E-state index in [9.17, 15) is 14.0 Å². The Hall–Kier alpha value is -2.89. The third-order valence-electron chi connectivity index (χ3n) is 3.35. The van der Waals surface area contributed by atoms with E-state index >= 15 is 0 Å². The maximum atomic E-state index is 13.5. The Balaban J connectivity index is 1.92. The zero-order valence-electron chi connectivity index (χ0n) is 14.1. The van der Waals surface area contributed by atoms with Gasteiger partial charge in [0.15, 0.2) is 6.10 Å². The lowest BCUT2D eigenvalue weighted by molar-refractivity contribution is -0.123. The summed E-state index contributed by atoms with van der Waals surface area (Å²) in [4.78, 5) is 24.1. The lowest BCUT2D eigenvalue weighted by Crippen LogP contribution is -2.30. The molecule has 0 heterocycles. The van der Waals surface area contributed by atoms with Crippen molar-refractivity contribution < 1.29 is 23.5 Å². The van der Waals surface area contributed by atoms with Gasteiger partial charge in [0.1, 0.15) is 11.6 Å². The maximum absolute atomic E-state index is 13.5. The number of amides is 1. The summed E-state index contributed by atoms with van der Waals surface area (Å²) >= 11 is 0. The van der Waals surface area contributed by atoms with Crippen molar-refractivity contribution in [3.05, 3.63) is 59.9 Å². The quantitative estimate of drug-likeness (QED) is 0.775. The molecule has 5 nitrogen and oxygen atoms in total. The van der Waals surface area contributed by atoms with Crippen molar-refractivity contribution in [3.8, 4) is 5.75 Å². The summed E-state index contributed by atoms with van der Waals surface area (Å²) in [6.07, 6.45) is -0.179. The summed E-state index contributed by atoms with van der Waals surface area (Å²) in [6, 6.07) is 12.2. The Kier molecular flexibility index (Phi) is 6.51. The third-order valence-corrected chi connectivity index (χ3v) is 3.35. The fourth-order valence-electron chi connectivity index (χ4n) is 1.99. The van der Waals surface area contributed by atoms with Crippen LogP contribution in [-0.4, -0.2) is 24.6 Å². The number of para-hydroxylation sites is 1. The Morgan fingerprint density at radius 1 is 1.12 bits per heavy atom. The number of rotatable bonds is 7. The minimum atomic E-state index is -1.07. The zero-order valence-corrected chi connectivity index (χ0v) is 14.1.